The summed E-state index contributed by atoms with van der Waals surface area (Å²) in [7, 11) is 0. The van der Waals surface area contributed by atoms with Crippen molar-refractivity contribution in [2.75, 3.05) is 13.2 Å². The van der Waals surface area contributed by atoms with E-state index in [9.17, 15) is 14.7 Å². The Morgan fingerprint density at radius 1 is 1.28 bits per heavy atom. The number of nitrogens with zero attached hydrogens (tertiary/aromatic N) is 3. The van der Waals surface area contributed by atoms with Crippen LogP contribution >= 0.6 is 11.3 Å². The molecule has 0 aromatic carbocycles. The molecular weight excluding hydrogens is 388 g/mol. The topological polar surface area (TPSA) is 97.1 Å². The number of aliphatic hydroxyl groups excluding tert-OH is 1. The minimum absolute atomic E-state index is 0.0414. The lowest BCUT2D eigenvalue weighted by molar-refractivity contribution is 0.0937. The van der Waals surface area contributed by atoms with Crippen LogP contribution in [0.4, 0.5) is 0 Å². The van der Waals surface area contributed by atoms with Crippen LogP contribution in [0.15, 0.2) is 46.3 Å². The third-order valence-electron chi connectivity index (χ3n) is 4.68. The standard InChI is InChI=1S/C21H24N4O3S/c1-14-3-5-25(11-18-10-22-15(2)8-23-18)21(28)19(14)20(27)24-9-17(12-26)7-16-4-6-29-13-16/h3-6,8,10,13,17,26H,7,9,11-12H2,1-2H3,(H,24,27). The van der Waals surface area contributed by atoms with Crippen LogP contribution in [-0.4, -0.2) is 38.7 Å². The van der Waals surface area contributed by atoms with Crippen molar-refractivity contribution in [1.29, 1.82) is 0 Å². The minimum Gasteiger partial charge on any atom is -0.396 e. The maximum absolute atomic E-state index is 12.9. The Hall–Kier alpha value is -2.84. The van der Waals surface area contributed by atoms with Crippen molar-refractivity contribution in [3.8, 4) is 0 Å². The second kappa shape index (κ2) is 9.58. The number of aliphatic hydroxyl groups is 1. The number of pyridine rings is 1. The van der Waals surface area contributed by atoms with Gasteiger partial charge in [-0.05, 0) is 54.3 Å². The molecule has 3 rings (SSSR count). The van der Waals surface area contributed by atoms with Crippen molar-refractivity contribution < 1.29 is 9.90 Å². The highest BCUT2D eigenvalue weighted by Gasteiger charge is 2.18. The number of amides is 1. The molecule has 0 aliphatic rings. The third-order valence-corrected chi connectivity index (χ3v) is 5.41. The van der Waals surface area contributed by atoms with E-state index in [0.717, 1.165) is 11.3 Å². The van der Waals surface area contributed by atoms with Crippen LogP contribution in [0.1, 0.15) is 32.9 Å². The molecule has 29 heavy (non-hydrogen) atoms. The summed E-state index contributed by atoms with van der Waals surface area (Å²) in [6, 6.07) is 3.75. The lowest BCUT2D eigenvalue weighted by Gasteiger charge is -2.15. The average molecular weight is 413 g/mol. The summed E-state index contributed by atoms with van der Waals surface area (Å²) in [5.74, 6) is -0.539. The van der Waals surface area contributed by atoms with Gasteiger partial charge in [0, 0.05) is 31.5 Å². The van der Waals surface area contributed by atoms with Crippen LogP contribution in [0.25, 0.3) is 0 Å². The Morgan fingerprint density at radius 3 is 2.76 bits per heavy atom. The molecule has 0 fully saturated rings. The number of carbonyl (C=O) groups excluding carboxylic acids is 1. The lowest BCUT2D eigenvalue weighted by Crippen LogP contribution is -2.37. The molecule has 7 nitrogen and oxygen atoms in total. The monoisotopic (exact) mass is 412 g/mol. The molecule has 0 saturated heterocycles. The van der Waals surface area contributed by atoms with E-state index in [1.165, 1.54) is 4.57 Å². The summed E-state index contributed by atoms with van der Waals surface area (Å²) < 4.78 is 1.45. The number of aromatic nitrogens is 3. The molecule has 3 heterocycles. The van der Waals surface area contributed by atoms with Gasteiger partial charge >= 0.3 is 0 Å². The zero-order chi connectivity index (χ0) is 20.8. The molecular formula is C21H24N4O3S. The number of rotatable bonds is 8. The van der Waals surface area contributed by atoms with Crippen molar-refractivity contribution in [3.05, 3.63) is 79.9 Å². The largest absolute Gasteiger partial charge is 0.396 e. The highest BCUT2D eigenvalue weighted by atomic mass is 32.1. The second-order valence-corrected chi connectivity index (χ2v) is 7.83. The van der Waals surface area contributed by atoms with E-state index < -0.39 is 5.91 Å². The van der Waals surface area contributed by atoms with Gasteiger partial charge in [-0.3, -0.25) is 19.6 Å². The Kier molecular flexibility index (Phi) is 6.90. The molecule has 0 aliphatic carbocycles. The molecule has 0 radical (unpaired) electrons. The number of hydrogen-bond donors (Lipinski definition) is 2. The van der Waals surface area contributed by atoms with Gasteiger partial charge < -0.3 is 15.0 Å². The zero-order valence-corrected chi connectivity index (χ0v) is 17.3. The van der Waals surface area contributed by atoms with Gasteiger partial charge in [0.05, 0.1) is 24.1 Å². The highest BCUT2D eigenvalue weighted by Crippen LogP contribution is 2.12. The first-order valence-corrected chi connectivity index (χ1v) is 10.3. The zero-order valence-electron chi connectivity index (χ0n) is 16.5. The molecule has 1 atom stereocenters. The predicted molar refractivity (Wildman–Crippen MR) is 112 cm³/mol. The van der Waals surface area contributed by atoms with Gasteiger partial charge in [-0.25, -0.2) is 0 Å². The number of hydrogen-bond acceptors (Lipinski definition) is 6. The summed E-state index contributed by atoms with van der Waals surface area (Å²) in [5.41, 5.74) is 2.91. The maximum Gasteiger partial charge on any atom is 0.264 e. The molecule has 0 bridgehead atoms. The van der Waals surface area contributed by atoms with Gasteiger partial charge in [0.2, 0.25) is 0 Å². The molecule has 3 aromatic heterocycles. The SMILES string of the molecule is Cc1cnc(Cn2ccc(C)c(C(=O)NCC(CO)Cc3ccsc3)c2=O)cn1. The van der Waals surface area contributed by atoms with Crippen molar-refractivity contribution in [2.24, 2.45) is 5.92 Å². The van der Waals surface area contributed by atoms with Gasteiger partial charge in [-0.15, -0.1) is 0 Å². The summed E-state index contributed by atoms with van der Waals surface area (Å²) in [6.07, 6.45) is 5.59. The molecule has 0 saturated carbocycles. The summed E-state index contributed by atoms with van der Waals surface area (Å²) in [5, 5.41) is 16.4. The molecule has 3 aromatic rings. The Bertz CT molecular complexity index is 1010. The molecule has 2 N–H and O–H groups in total. The van der Waals surface area contributed by atoms with Crippen LogP contribution in [0.5, 0.6) is 0 Å². The van der Waals surface area contributed by atoms with Crippen LogP contribution < -0.4 is 10.9 Å². The fraction of sp³-hybridized carbons (Fsp3) is 0.333. The van der Waals surface area contributed by atoms with Gasteiger partial charge in [-0.1, -0.05) is 0 Å². The smallest absolute Gasteiger partial charge is 0.264 e. The average Bonchev–Trinajstić information content (AvgIpc) is 3.22. The van der Waals surface area contributed by atoms with E-state index in [1.54, 1.807) is 42.9 Å². The van der Waals surface area contributed by atoms with E-state index in [-0.39, 0.29) is 30.2 Å². The van der Waals surface area contributed by atoms with Crippen LogP contribution in [-0.2, 0) is 13.0 Å². The van der Waals surface area contributed by atoms with Gasteiger partial charge in [0.15, 0.2) is 0 Å². The summed E-state index contributed by atoms with van der Waals surface area (Å²) >= 11 is 1.60. The number of carbonyl (C=O) groups is 1. The van der Waals surface area contributed by atoms with Gasteiger partial charge in [-0.2, -0.15) is 11.3 Å². The number of nitrogens with one attached hydrogen (secondary N) is 1. The minimum atomic E-state index is -0.430. The van der Waals surface area contributed by atoms with Crippen molar-refractivity contribution in [1.82, 2.24) is 19.9 Å². The molecule has 1 amide bonds. The van der Waals surface area contributed by atoms with Crippen LogP contribution in [0.2, 0.25) is 0 Å². The fourth-order valence-electron chi connectivity index (χ4n) is 3.01. The summed E-state index contributed by atoms with van der Waals surface area (Å²) in [6.45, 7) is 4.07. The third kappa shape index (κ3) is 5.36. The van der Waals surface area contributed by atoms with Crippen LogP contribution in [0.3, 0.4) is 0 Å². The van der Waals surface area contributed by atoms with Gasteiger partial charge in [0.1, 0.15) is 5.56 Å². The molecule has 0 aliphatic heterocycles. The molecule has 1 unspecified atom stereocenters. The molecule has 0 spiro atoms. The van der Waals surface area contributed by atoms with Crippen molar-refractivity contribution in [3.63, 3.8) is 0 Å². The van der Waals surface area contributed by atoms with E-state index in [0.29, 0.717) is 24.2 Å². The highest BCUT2D eigenvalue weighted by molar-refractivity contribution is 7.07. The van der Waals surface area contributed by atoms with E-state index >= 15 is 0 Å². The fourth-order valence-corrected chi connectivity index (χ4v) is 3.69. The van der Waals surface area contributed by atoms with E-state index in [4.69, 9.17) is 0 Å². The maximum atomic E-state index is 12.9. The first-order chi connectivity index (χ1) is 14.0. The number of thiophene rings is 1. The lowest BCUT2D eigenvalue weighted by atomic mass is 10.0. The molecule has 152 valence electrons. The summed E-state index contributed by atoms with van der Waals surface area (Å²) in [4.78, 5) is 34.1. The van der Waals surface area contributed by atoms with Crippen molar-refractivity contribution >= 4 is 17.2 Å². The van der Waals surface area contributed by atoms with Crippen molar-refractivity contribution in [2.45, 2.75) is 26.8 Å². The van der Waals surface area contributed by atoms with E-state index in [2.05, 4.69) is 15.3 Å². The Labute approximate surface area is 173 Å². The predicted octanol–water partition coefficient (Wildman–Crippen LogP) is 1.95. The Balaban J connectivity index is 1.72. The number of aryl methyl sites for hydroxylation is 2. The first-order valence-electron chi connectivity index (χ1n) is 9.35. The quantitative estimate of drug-likeness (QED) is 0.589. The second-order valence-electron chi connectivity index (χ2n) is 7.05. The normalized spacial score (nSPS) is 12.0. The van der Waals surface area contributed by atoms with Gasteiger partial charge in [0.25, 0.3) is 11.5 Å². The van der Waals surface area contributed by atoms with E-state index in [1.807, 2.05) is 23.8 Å². The molecule has 8 heteroatoms. The van der Waals surface area contributed by atoms with Crippen LogP contribution in [0, 0.1) is 19.8 Å². The first kappa shape index (κ1) is 20.9. The Morgan fingerprint density at radius 2 is 2.10 bits per heavy atom.